The Morgan fingerprint density at radius 3 is 2.45 bits per heavy atom. The van der Waals surface area contributed by atoms with Crippen molar-refractivity contribution in [3.8, 4) is 0 Å². The van der Waals surface area contributed by atoms with E-state index in [4.69, 9.17) is 10.5 Å². The largest absolute Gasteiger partial charge is 0.399 e. The smallest absolute Gasteiger partial charge is 0.248 e. The highest BCUT2D eigenvalue weighted by Crippen LogP contribution is 2.18. The van der Waals surface area contributed by atoms with Gasteiger partial charge in [0.15, 0.2) is 0 Å². The van der Waals surface area contributed by atoms with Crippen molar-refractivity contribution in [2.45, 2.75) is 13.3 Å². The molecule has 20 heavy (non-hydrogen) atoms. The number of nitrogen functional groups attached to an aromatic ring is 1. The first-order valence-corrected chi connectivity index (χ1v) is 7.16. The summed E-state index contributed by atoms with van der Waals surface area (Å²) in [5.74, 6) is 0.0930. The molecule has 1 saturated heterocycles. The molecule has 5 nitrogen and oxygen atoms in total. The molecule has 110 valence electrons. The zero-order valence-corrected chi connectivity index (χ0v) is 12.0. The Bertz CT molecular complexity index is 425. The van der Waals surface area contributed by atoms with E-state index in [1.54, 1.807) is 0 Å². The van der Waals surface area contributed by atoms with Crippen LogP contribution in [0.1, 0.15) is 13.3 Å². The zero-order valence-electron chi connectivity index (χ0n) is 12.0. The molecule has 2 rings (SSSR count). The van der Waals surface area contributed by atoms with Gasteiger partial charge in [-0.2, -0.15) is 0 Å². The number of anilines is 2. The van der Waals surface area contributed by atoms with E-state index in [1.807, 2.05) is 36.1 Å². The van der Waals surface area contributed by atoms with E-state index in [1.165, 1.54) is 0 Å². The van der Waals surface area contributed by atoms with Crippen LogP contribution in [0.2, 0.25) is 0 Å². The van der Waals surface area contributed by atoms with E-state index in [2.05, 4.69) is 4.90 Å². The molecule has 0 atom stereocenters. The number of ether oxygens (including phenoxy) is 1. The summed E-state index contributed by atoms with van der Waals surface area (Å²) < 4.78 is 5.30. The average Bonchev–Trinajstić information content (AvgIpc) is 2.48. The quantitative estimate of drug-likeness (QED) is 0.652. The van der Waals surface area contributed by atoms with Crippen LogP contribution in [-0.2, 0) is 9.53 Å². The molecular formula is C15H23N3O2. The summed E-state index contributed by atoms with van der Waals surface area (Å²) in [4.78, 5) is 16.1. The number of hydrogen-bond donors (Lipinski definition) is 1. The summed E-state index contributed by atoms with van der Waals surface area (Å²) >= 11 is 0. The number of carbonyl (C=O) groups excluding carboxylic acids is 1. The molecule has 1 aliphatic heterocycles. The van der Waals surface area contributed by atoms with Crippen molar-refractivity contribution in [3.63, 3.8) is 0 Å². The highest BCUT2D eigenvalue weighted by atomic mass is 16.5. The Morgan fingerprint density at radius 2 is 1.85 bits per heavy atom. The third-order valence-electron chi connectivity index (χ3n) is 3.46. The van der Waals surface area contributed by atoms with Crippen molar-refractivity contribution >= 4 is 17.3 Å². The van der Waals surface area contributed by atoms with E-state index < -0.39 is 0 Å². The molecule has 1 aromatic rings. The molecule has 0 saturated carbocycles. The molecule has 0 unspecified atom stereocenters. The van der Waals surface area contributed by atoms with Crippen LogP contribution >= 0.6 is 0 Å². The maximum atomic E-state index is 11.9. The Morgan fingerprint density at radius 1 is 1.20 bits per heavy atom. The van der Waals surface area contributed by atoms with Gasteiger partial charge in [0.25, 0.3) is 0 Å². The molecular weight excluding hydrogens is 254 g/mol. The second kappa shape index (κ2) is 7.14. The van der Waals surface area contributed by atoms with Crippen molar-refractivity contribution < 1.29 is 9.53 Å². The third-order valence-corrected chi connectivity index (χ3v) is 3.46. The van der Waals surface area contributed by atoms with Gasteiger partial charge in [-0.25, -0.2) is 0 Å². The summed E-state index contributed by atoms with van der Waals surface area (Å²) in [6.45, 7) is 6.09. The second-order valence-corrected chi connectivity index (χ2v) is 5.01. The summed E-state index contributed by atoms with van der Waals surface area (Å²) in [6, 6.07) is 7.87. The Labute approximate surface area is 120 Å². The molecule has 5 heteroatoms. The maximum Gasteiger partial charge on any atom is 0.248 e. The molecule has 0 aliphatic carbocycles. The van der Waals surface area contributed by atoms with Crippen LogP contribution in [0.25, 0.3) is 0 Å². The van der Waals surface area contributed by atoms with Gasteiger partial charge < -0.3 is 20.3 Å². The van der Waals surface area contributed by atoms with Gasteiger partial charge in [0, 0.05) is 44.2 Å². The van der Waals surface area contributed by atoms with Crippen LogP contribution in [0.4, 0.5) is 11.4 Å². The Hall–Kier alpha value is -1.75. The summed E-state index contributed by atoms with van der Waals surface area (Å²) in [5, 5.41) is 0. The first kappa shape index (κ1) is 14.7. The first-order valence-electron chi connectivity index (χ1n) is 7.16. The summed E-state index contributed by atoms with van der Waals surface area (Å²) in [6.07, 6.45) is 0.943. The topological polar surface area (TPSA) is 58.8 Å². The summed E-state index contributed by atoms with van der Waals surface area (Å²) in [5.41, 5.74) is 7.63. The fourth-order valence-electron chi connectivity index (χ4n) is 2.29. The van der Waals surface area contributed by atoms with Gasteiger partial charge in [0.2, 0.25) is 5.91 Å². The molecule has 1 amide bonds. The van der Waals surface area contributed by atoms with E-state index in [0.717, 1.165) is 44.0 Å². The fraction of sp³-hybridized carbons (Fsp3) is 0.533. The lowest BCUT2D eigenvalue weighted by Crippen LogP contribution is -2.49. The van der Waals surface area contributed by atoms with Crippen molar-refractivity contribution in [3.05, 3.63) is 24.3 Å². The number of amides is 1. The van der Waals surface area contributed by atoms with Crippen LogP contribution < -0.4 is 10.6 Å². The zero-order chi connectivity index (χ0) is 14.4. The highest BCUT2D eigenvalue weighted by molar-refractivity contribution is 5.77. The van der Waals surface area contributed by atoms with Gasteiger partial charge >= 0.3 is 0 Å². The van der Waals surface area contributed by atoms with Crippen molar-refractivity contribution in [1.82, 2.24) is 4.90 Å². The van der Waals surface area contributed by atoms with Crippen LogP contribution in [-0.4, -0.2) is 50.2 Å². The minimum Gasteiger partial charge on any atom is -0.399 e. The Kier molecular flexibility index (Phi) is 5.24. The molecule has 0 radical (unpaired) electrons. The molecule has 0 bridgehead atoms. The van der Waals surface area contributed by atoms with Gasteiger partial charge in [-0.1, -0.05) is 6.92 Å². The van der Waals surface area contributed by atoms with Gasteiger partial charge in [0.1, 0.15) is 6.61 Å². The number of hydrogen-bond acceptors (Lipinski definition) is 4. The molecule has 0 aromatic heterocycles. The van der Waals surface area contributed by atoms with Gasteiger partial charge in [0.05, 0.1) is 0 Å². The SMILES string of the molecule is CCCOCC(=O)N1CCN(c2ccc(N)cc2)CC1. The normalized spacial score (nSPS) is 15.4. The minimum atomic E-state index is 0.0930. The van der Waals surface area contributed by atoms with E-state index >= 15 is 0 Å². The van der Waals surface area contributed by atoms with Crippen LogP contribution in [0.5, 0.6) is 0 Å². The number of piperazine rings is 1. The fourth-order valence-corrected chi connectivity index (χ4v) is 2.29. The summed E-state index contributed by atoms with van der Waals surface area (Å²) in [7, 11) is 0. The lowest BCUT2D eigenvalue weighted by molar-refractivity contribution is -0.136. The minimum absolute atomic E-state index is 0.0930. The van der Waals surface area contributed by atoms with E-state index in [9.17, 15) is 4.79 Å². The van der Waals surface area contributed by atoms with Crippen LogP contribution in [0.3, 0.4) is 0 Å². The molecule has 0 spiro atoms. The average molecular weight is 277 g/mol. The number of nitrogens with two attached hydrogens (primary N) is 1. The number of rotatable bonds is 5. The van der Waals surface area contributed by atoms with Gasteiger partial charge in [-0.15, -0.1) is 0 Å². The molecule has 1 aliphatic rings. The highest BCUT2D eigenvalue weighted by Gasteiger charge is 2.21. The third kappa shape index (κ3) is 3.87. The predicted octanol–water partition coefficient (Wildman–Crippen LogP) is 1.34. The van der Waals surface area contributed by atoms with Gasteiger partial charge in [-0.05, 0) is 30.7 Å². The molecule has 1 heterocycles. The lowest BCUT2D eigenvalue weighted by Gasteiger charge is -2.36. The monoisotopic (exact) mass is 277 g/mol. The van der Waals surface area contributed by atoms with Crippen molar-refractivity contribution in [2.75, 3.05) is 50.0 Å². The van der Waals surface area contributed by atoms with E-state index in [-0.39, 0.29) is 12.5 Å². The standard InChI is InChI=1S/C15H23N3O2/c1-2-11-20-12-15(19)18-9-7-17(8-10-18)14-5-3-13(16)4-6-14/h3-6H,2,7-12,16H2,1H3. The lowest BCUT2D eigenvalue weighted by atomic mass is 10.2. The Balaban J connectivity index is 1.80. The van der Waals surface area contributed by atoms with Crippen molar-refractivity contribution in [2.24, 2.45) is 0 Å². The van der Waals surface area contributed by atoms with Crippen LogP contribution in [0.15, 0.2) is 24.3 Å². The van der Waals surface area contributed by atoms with Crippen LogP contribution in [0, 0.1) is 0 Å². The second-order valence-electron chi connectivity index (χ2n) is 5.01. The van der Waals surface area contributed by atoms with Crippen molar-refractivity contribution in [1.29, 1.82) is 0 Å². The molecule has 1 aromatic carbocycles. The van der Waals surface area contributed by atoms with Gasteiger partial charge in [-0.3, -0.25) is 4.79 Å². The maximum absolute atomic E-state index is 11.9. The molecule has 2 N–H and O–H groups in total. The number of nitrogens with zero attached hydrogens (tertiary/aromatic N) is 2. The number of carbonyl (C=O) groups is 1. The van der Waals surface area contributed by atoms with E-state index in [0.29, 0.717) is 6.61 Å². The number of benzene rings is 1. The molecule has 1 fully saturated rings. The predicted molar refractivity (Wildman–Crippen MR) is 80.8 cm³/mol. The first-order chi connectivity index (χ1) is 9.70.